The average Bonchev–Trinajstić information content (AvgIpc) is 2.79. The number of thiophene rings is 1. The summed E-state index contributed by atoms with van der Waals surface area (Å²) in [7, 11) is 0. The summed E-state index contributed by atoms with van der Waals surface area (Å²) >= 11 is 1.78. The van der Waals surface area contributed by atoms with Crippen LogP contribution in [0.3, 0.4) is 0 Å². The van der Waals surface area contributed by atoms with Crippen LogP contribution in [0.1, 0.15) is 22.1 Å². The molecule has 2 unspecified atom stereocenters. The Hall–Kier alpha value is -1.07. The molecule has 0 saturated heterocycles. The topological polar surface area (TPSA) is 66.6 Å². The van der Waals surface area contributed by atoms with E-state index in [1.165, 1.54) is 9.75 Å². The number of rotatable bonds is 3. The number of carbonyl (C=O) groups is 1. The molecule has 3 N–H and O–H groups in total. The first-order chi connectivity index (χ1) is 7.08. The first-order valence-electron chi connectivity index (χ1n) is 4.90. The molecule has 0 spiro atoms. The molecule has 1 aliphatic rings. The minimum absolute atomic E-state index is 0.344. The molecule has 0 bridgehead atoms. The van der Waals surface area contributed by atoms with E-state index in [9.17, 15) is 4.79 Å². The summed E-state index contributed by atoms with van der Waals surface area (Å²) in [6.07, 6.45) is 1.03. The lowest BCUT2D eigenvalue weighted by Gasteiger charge is -2.10. The van der Waals surface area contributed by atoms with Crippen LogP contribution in [0.5, 0.6) is 0 Å². The Morgan fingerprint density at radius 3 is 3.00 bits per heavy atom. The lowest BCUT2D eigenvalue weighted by molar-refractivity contribution is -0.0431. The summed E-state index contributed by atoms with van der Waals surface area (Å²) in [6.45, 7) is 2.42. The summed E-state index contributed by atoms with van der Waals surface area (Å²) in [5.41, 5.74) is 4.94. The SMILES string of the molecule is Cc1ccc(C2CC2CN(O)C(N)=O)s1. The standard InChI is InChI=1S/C10H14N2O2S/c1-6-2-3-9(15-6)8-4-7(8)5-12(14)10(11)13/h2-3,7-8,14H,4-5H2,1H3,(H2,11,13). The second-order valence-electron chi connectivity index (χ2n) is 3.97. The molecule has 1 aromatic heterocycles. The van der Waals surface area contributed by atoms with E-state index in [0.29, 0.717) is 23.4 Å². The molecule has 1 fully saturated rings. The fraction of sp³-hybridized carbons (Fsp3) is 0.500. The van der Waals surface area contributed by atoms with Crippen LogP contribution in [0, 0.1) is 12.8 Å². The van der Waals surface area contributed by atoms with Gasteiger partial charge in [0.1, 0.15) is 0 Å². The number of hydrogen-bond acceptors (Lipinski definition) is 3. The van der Waals surface area contributed by atoms with E-state index < -0.39 is 6.03 Å². The third-order valence-electron chi connectivity index (χ3n) is 2.71. The molecule has 0 radical (unpaired) electrons. The summed E-state index contributed by atoms with van der Waals surface area (Å²) < 4.78 is 0. The van der Waals surface area contributed by atoms with Gasteiger partial charge in [-0.15, -0.1) is 11.3 Å². The average molecular weight is 226 g/mol. The van der Waals surface area contributed by atoms with Gasteiger partial charge in [0.05, 0.1) is 6.54 Å². The van der Waals surface area contributed by atoms with Gasteiger partial charge < -0.3 is 5.73 Å². The number of nitrogens with two attached hydrogens (primary N) is 1. The molecule has 1 aliphatic carbocycles. The van der Waals surface area contributed by atoms with E-state index in [1.807, 2.05) is 0 Å². The number of hydrogen-bond donors (Lipinski definition) is 2. The molecule has 1 aromatic rings. The molecule has 4 nitrogen and oxygen atoms in total. The van der Waals surface area contributed by atoms with Gasteiger partial charge >= 0.3 is 6.03 Å². The summed E-state index contributed by atoms with van der Waals surface area (Å²) in [5, 5.41) is 9.77. The van der Waals surface area contributed by atoms with Crippen LogP contribution in [0.15, 0.2) is 12.1 Å². The van der Waals surface area contributed by atoms with Crippen molar-refractivity contribution >= 4 is 17.4 Å². The number of hydroxylamine groups is 2. The van der Waals surface area contributed by atoms with E-state index in [1.54, 1.807) is 11.3 Å². The van der Waals surface area contributed by atoms with E-state index in [-0.39, 0.29) is 0 Å². The number of primary amides is 1. The highest BCUT2D eigenvalue weighted by molar-refractivity contribution is 7.12. The molecule has 5 heteroatoms. The van der Waals surface area contributed by atoms with Gasteiger partial charge in [0.15, 0.2) is 0 Å². The van der Waals surface area contributed by atoms with Crippen LogP contribution in [-0.2, 0) is 0 Å². The Morgan fingerprint density at radius 2 is 2.47 bits per heavy atom. The number of aryl methyl sites for hydroxylation is 1. The summed E-state index contributed by atoms with van der Waals surface area (Å²) in [6, 6.07) is 3.44. The van der Waals surface area contributed by atoms with Crippen molar-refractivity contribution in [3.05, 3.63) is 21.9 Å². The molecule has 2 amide bonds. The van der Waals surface area contributed by atoms with Gasteiger partial charge in [0, 0.05) is 9.75 Å². The molecular formula is C10H14N2O2S. The van der Waals surface area contributed by atoms with E-state index in [0.717, 1.165) is 6.42 Å². The van der Waals surface area contributed by atoms with Crippen molar-refractivity contribution in [3.63, 3.8) is 0 Å². The Kier molecular flexibility index (Phi) is 2.67. The predicted octanol–water partition coefficient (Wildman–Crippen LogP) is 1.93. The van der Waals surface area contributed by atoms with Crippen LogP contribution >= 0.6 is 11.3 Å². The fourth-order valence-corrected chi connectivity index (χ4v) is 2.85. The number of nitrogens with zero attached hydrogens (tertiary/aromatic N) is 1. The molecule has 0 aromatic carbocycles. The Bertz CT molecular complexity index is 377. The van der Waals surface area contributed by atoms with Gasteiger partial charge in [-0.05, 0) is 37.3 Å². The van der Waals surface area contributed by atoms with Crippen LogP contribution in [0.25, 0.3) is 0 Å². The van der Waals surface area contributed by atoms with Crippen LogP contribution < -0.4 is 5.73 Å². The van der Waals surface area contributed by atoms with E-state index in [4.69, 9.17) is 10.9 Å². The molecule has 0 aliphatic heterocycles. The molecular weight excluding hydrogens is 212 g/mol. The van der Waals surface area contributed by atoms with Gasteiger partial charge in [0.2, 0.25) is 0 Å². The zero-order chi connectivity index (χ0) is 11.0. The quantitative estimate of drug-likeness (QED) is 0.611. The van der Waals surface area contributed by atoms with E-state index >= 15 is 0 Å². The fourth-order valence-electron chi connectivity index (χ4n) is 1.76. The van der Waals surface area contributed by atoms with Gasteiger partial charge in [-0.1, -0.05) is 0 Å². The van der Waals surface area contributed by atoms with Gasteiger partial charge in [-0.3, -0.25) is 5.21 Å². The van der Waals surface area contributed by atoms with Crippen LogP contribution in [0.4, 0.5) is 4.79 Å². The maximum Gasteiger partial charge on any atom is 0.338 e. The highest BCUT2D eigenvalue weighted by Crippen LogP contribution is 2.49. The lowest BCUT2D eigenvalue weighted by atomic mass is 10.2. The van der Waals surface area contributed by atoms with Gasteiger partial charge in [-0.25, -0.2) is 9.86 Å². The van der Waals surface area contributed by atoms with Crippen LogP contribution in [0.2, 0.25) is 0 Å². The summed E-state index contributed by atoms with van der Waals surface area (Å²) in [5.74, 6) is 0.859. The predicted molar refractivity (Wildman–Crippen MR) is 58.0 cm³/mol. The molecule has 2 rings (SSSR count). The smallest absolute Gasteiger partial charge is 0.338 e. The second-order valence-corrected chi connectivity index (χ2v) is 5.29. The van der Waals surface area contributed by atoms with Crippen molar-refractivity contribution in [1.29, 1.82) is 0 Å². The maximum absolute atomic E-state index is 10.6. The molecule has 1 saturated carbocycles. The van der Waals surface area contributed by atoms with Crippen molar-refractivity contribution in [1.82, 2.24) is 5.06 Å². The third kappa shape index (κ3) is 2.30. The Labute approximate surface area is 92.3 Å². The second kappa shape index (κ2) is 3.83. The first-order valence-corrected chi connectivity index (χ1v) is 5.71. The maximum atomic E-state index is 10.6. The van der Waals surface area contributed by atoms with Crippen molar-refractivity contribution < 1.29 is 10.0 Å². The highest BCUT2D eigenvalue weighted by Gasteiger charge is 2.40. The molecule has 2 atom stereocenters. The Morgan fingerprint density at radius 1 is 1.73 bits per heavy atom. The van der Waals surface area contributed by atoms with Crippen molar-refractivity contribution in [2.45, 2.75) is 19.3 Å². The molecule has 1 heterocycles. The highest BCUT2D eigenvalue weighted by atomic mass is 32.1. The third-order valence-corrected chi connectivity index (χ3v) is 3.84. The zero-order valence-corrected chi connectivity index (χ0v) is 9.33. The van der Waals surface area contributed by atoms with Gasteiger partial charge in [0.25, 0.3) is 0 Å². The minimum atomic E-state index is -0.775. The lowest BCUT2D eigenvalue weighted by Crippen LogP contribution is -2.34. The number of amides is 2. The monoisotopic (exact) mass is 226 g/mol. The minimum Gasteiger partial charge on any atom is -0.350 e. The zero-order valence-electron chi connectivity index (χ0n) is 8.51. The molecule has 15 heavy (non-hydrogen) atoms. The Balaban J connectivity index is 1.89. The van der Waals surface area contributed by atoms with Crippen molar-refractivity contribution in [2.75, 3.05) is 6.54 Å². The van der Waals surface area contributed by atoms with Crippen molar-refractivity contribution in [3.8, 4) is 0 Å². The van der Waals surface area contributed by atoms with Gasteiger partial charge in [-0.2, -0.15) is 0 Å². The normalized spacial score (nSPS) is 23.9. The van der Waals surface area contributed by atoms with E-state index in [2.05, 4.69) is 19.1 Å². The largest absolute Gasteiger partial charge is 0.350 e. The number of urea groups is 1. The molecule has 82 valence electrons. The first kappa shape index (κ1) is 10.4. The van der Waals surface area contributed by atoms with Crippen LogP contribution in [-0.4, -0.2) is 22.8 Å². The summed E-state index contributed by atoms with van der Waals surface area (Å²) in [4.78, 5) is 13.3. The number of carbonyl (C=O) groups excluding carboxylic acids is 1. The van der Waals surface area contributed by atoms with Crippen molar-refractivity contribution in [2.24, 2.45) is 11.7 Å².